The lowest BCUT2D eigenvalue weighted by Gasteiger charge is -2.06. The van der Waals surface area contributed by atoms with E-state index in [-0.39, 0.29) is 35.9 Å². The van der Waals surface area contributed by atoms with Crippen LogP contribution >= 0.6 is 24.0 Å². The third-order valence-electron chi connectivity index (χ3n) is 1.13. The van der Waals surface area contributed by atoms with Gasteiger partial charge in [0.1, 0.15) is 0 Å². The van der Waals surface area contributed by atoms with Crippen LogP contribution in [0.3, 0.4) is 0 Å². The fraction of sp³-hybridized carbons (Fsp3) is 0.833. The minimum Gasteiger partial charge on any atom is -0.368 e. The molecule has 0 aliphatic heterocycles. The quantitative estimate of drug-likeness (QED) is 0.720. The van der Waals surface area contributed by atoms with E-state index in [0.717, 1.165) is 13.0 Å². The first-order chi connectivity index (χ1) is 4.18. The van der Waals surface area contributed by atoms with Gasteiger partial charge < -0.3 is 11.1 Å². The third-order valence-corrected chi connectivity index (χ3v) is 1.13. The molecule has 4 heteroatoms. The van der Waals surface area contributed by atoms with Crippen molar-refractivity contribution < 1.29 is 4.79 Å². The number of amides is 1. The van der Waals surface area contributed by atoms with Crippen LogP contribution in [0.15, 0.2) is 0 Å². The van der Waals surface area contributed by atoms with Gasteiger partial charge in [0.2, 0.25) is 5.91 Å². The van der Waals surface area contributed by atoms with Gasteiger partial charge in [-0.1, -0.05) is 6.92 Å². The second kappa shape index (κ2) is 7.27. The summed E-state index contributed by atoms with van der Waals surface area (Å²) in [4.78, 5) is 10.4. The maximum absolute atomic E-state index is 10.4. The zero-order chi connectivity index (χ0) is 7.28. The molecule has 0 aromatic carbocycles. The van der Waals surface area contributed by atoms with Crippen molar-refractivity contribution in [2.24, 2.45) is 5.73 Å². The van der Waals surface area contributed by atoms with Crippen molar-refractivity contribution in [3.05, 3.63) is 0 Å². The predicted molar refractivity (Wildman–Crippen MR) is 52.4 cm³/mol. The average Bonchev–Trinajstić information content (AvgIpc) is 1.82. The summed E-state index contributed by atoms with van der Waals surface area (Å²) in [7, 11) is 0. The van der Waals surface area contributed by atoms with Crippen LogP contribution in [0.2, 0.25) is 0 Å². The van der Waals surface area contributed by atoms with E-state index >= 15 is 0 Å². The van der Waals surface area contributed by atoms with Crippen LogP contribution in [-0.4, -0.2) is 18.5 Å². The second-order valence-electron chi connectivity index (χ2n) is 2.08. The summed E-state index contributed by atoms with van der Waals surface area (Å²) in [6.45, 7) is 4.66. The van der Waals surface area contributed by atoms with Crippen LogP contribution in [0.1, 0.15) is 20.3 Å². The number of nitrogens with one attached hydrogen (secondary N) is 1. The summed E-state index contributed by atoms with van der Waals surface area (Å²) in [5.41, 5.74) is 4.98. The first kappa shape index (κ1) is 12.8. The van der Waals surface area contributed by atoms with Gasteiger partial charge in [-0.2, -0.15) is 0 Å². The molecule has 1 atom stereocenters. The summed E-state index contributed by atoms with van der Waals surface area (Å²) in [5.74, 6) is -0.288. The van der Waals surface area contributed by atoms with Gasteiger partial charge >= 0.3 is 0 Å². The van der Waals surface area contributed by atoms with Crippen LogP contribution < -0.4 is 11.1 Å². The molecule has 62 valence electrons. The Hall–Kier alpha value is 0.160. The lowest BCUT2D eigenvalue weighted by molar-refractivity contribution is -0.119. The van der Waals surface area contributed by atoms with Gasteiger partial charge in [-0.15, -0.1) is 24.0 Å². The van der Waals surface area contributed by atoms with Gasteiger partial charge in [-0.25, -0.2) is 0 Å². The molecule has 0 aromatic rings. The lowest BCUT2D eigenvalue weighted by atomic mass is 10.3. The van der Waals surface area contributed by atoms with E-state index in [0.29, 0.717) is 0 Å². The van der Waals surface area contributed by atoms with Crippen molar-refractivity contribution in [3.63, 3.8) is 0 Å². The number of hydrogen-bond donors (Lipinski definition) is 2. The molecule has 0 radical (unpaired) electrons. The zero-order valence-corrected chi connectivity index (χ0v) is 8.72. The molecule has 3 nitrogen and oxygen atoms in total. The topological polar surface area (TPSA) is 55.1 Å². The van der Waals surface area contributed by atoms with E-state index in [4.69, 9.17) is 5.73 Å². The highest BCUT2D eigenvalue weighted by Gasteiger charge is 2.04. The number of carbonyl (C=O) groups is 1. The summed E-state index contributed by atoms with van der Waals surface area (Å²) < 4.78 is 0. The Balaban J connectivity index is 0. The van der Waals surface area contributed by atoms with E-state index in [1.54, 1.807) is 6.92 Å². The Kier molecular flexibility index (Phi) is 9.31. The number of halogens is 1. The summed E-state index contributed by atoms with van der Waals surface area (Å²) in [5, 5.41) is 2.96. The van der Waals surface area contributed by atoms with Crippen LogP contribution in [0.4, 0.5) is 0 Å². The molecule has 0 aliphatic rings. The van der Waals surface area contributed by atoms with E-state index in [9.17, 15) is 4.79 Å². The molecule has 0 rings (SSSR count). The average molecular weight is 258 g/mol. The molecule has 0 spiro atoms. The summed E-state index contributed by atoms with van der Waals surface area (Å²) in [6, 6.07) is -0.190. The van der Waals surface area contributed by atoms with Crippen molar-refractivity contribution in [1.82, 2.24) is 5.32 Å². The molecule has 1 amide bonds. The molecular weight excluding hydrogens is 243 g/mol. The molecule has 0 bridgehead atoms. The van der Waals surface area contributed by atoms with Gasteiger partial charge in [-0.05, 0) is 19.9 Å². The smallest absolute Gasteiger partial charge is 0.234 e. The van der Waals surface area contributed by atoms with Crippen molar-refractivity contribution in [2.45, 2.75) is 26.3 Å². The van der Waals surface area contributed by atoms with E-state index in [1.807, 2.05) is 6.92 Å². The first-order valence-corrected chi connectivity index (χ1v) is 3.21. The van der Waals surface area contributed by atoms with Gasteiger partial charge in [-0.3, -0.25) is 4.79 Å². The lowest BCUT2D eigenvalue weighted by Crippen LogP contribution is -2.38. The zero-order valence-electron chi connectivity index (χ0n) is 6.39. The van der Waals surface area contributed by atoms with Crippen molar-refractivity contribution >= 4 is 29.9 Å². The molecule has 0 saturated carbocycles. The van der Waals surface area contributed by atoms with E-state index in [1.165, 1.54) is 0 Å². The maximum atomic E-state index is 10.4. The Morgan fingerprint density at radius 2 is 2.20 bits per heavy atom. The molecular formula is C6H15IN2O. The molecule has 0 saturated heterocycles. The minimum absolute atomic E-state index is 0. The number of hydrogen-bond acceptors (Lipinski definition) is 2. The molecule has 10 heavy (non-hydrogen) atoms. The third kappa shape index (κ3) is 6.28. The van der Waals surface area contributed by atoms with Crippen molar-refractivity contribution in [2.75, 3.05) is 6.54 Å². The first-order valence-electron chi connectivity index (χ1n) is 3.21. The fourth-order valence-electron chi connectivity index (χ4n) is 0.461. The Morgan fingerprint density at radius 1 is 1.70 bits per heavy atom. The molecule has 0 fully saturated rings. The monoisotopic (exact) mass is 258 g/mol. The SMILES string of the molecule is CCCNC(C)C(N)=O.I. The predicted octanol–water partition coefficient (Wildman–Crippen LogP) is 0.478. The molecule has 0 aromatic heterocycles. The summed E-state index contributed by atoms with van der Waals surface area (Å²) in [6.07, 6.45) is 1.03. The van der Waals surface area contributed by atoms with Gasteiger partial charge in [0.25, 0.3) is 0 Å². The van der Waals surface area contributed by atoms with Gasteiger partial charge in [0.05, 0.1) is 6.04 Å². The van der Waals surface area contributed by atoms with E-state index in [2.05, 4.69) is 5.32 Å². The van der Waals surface area contributed by atoms with Crippen molar-refractivity contribution in [3.8, 4) is 0 Å². The number of carbonyl (C=O) groups excluding carboxylic acids is 1. The maximum Gasteiger partial charge on any atom is 0.234 e. The van der Waals surface area contributed by atoms with Crippen LogP contribution in [0.25, 0.3) is 0 Å². The molecule has 3 N–H and O–H groups in total. The highest BCUT2D eigenvalue weighted by molar-refractivity contribution is 14.0. The largest absolute Gasteiger partial charge is 0.368 e. The van der Waals surface area contributed by atoms with Crippen LogP contribution in [-0.2, 0) is 4.79 Å². The van der Waals surface area contributed by atoms with Crippen LogP contribution in [0.5, 0.6) is 0 Å². The normalized spacial score (nSPS) is 11.8. The molecule has 0 aliphatic carbocycles. The molecule has 1 unspecified atom stereocenters. The van der Waals surface area contributed by atoms with Crippen LogP contribution in [0, 0.1) is 0 Å². The number of nitrogens with two attached hydrogens (primary N) is 1. The molecule has 0 heterocycles. The van der Waals surface area contributed by atoms with E-state index < -0.39 is 0 Å². The number of primary amides is 1. The van der Waals surface area contributed by atoms with Gasteiger partial charge in [0, 0.05) is 0 Å². The van der Waals surface area contributed by atoms with Gasteiger partial charge in [0.15, 0.2) is 0 Å². The highest BCUT2D eigenvalue weighted by Crippen LogP contribution is 1.78. The Labute approximate surface area is 78.8 Å². The summed E-state index contributed by atoms with van der Waals surface area (Å²) >= 11 is 0. The van der Waals surface area contributed by atoms with Crippen molar-refractivity contribution in [1.29, 1.82) is 0 Å². The Bertz CT molecular complexity index is 97.7. The standard InChI is InChI=1S/C6H14N2O.HI/c1-3-4-8-5(2)6(7)9;/h5,8H,3-4H2,1-2H3,(H2,7,9);1H. The second-order valence-corrected chi connectivity index (χ2v) is 2.08. The fourth-order valence-corrected chi connectivity index (χ4v) is 0.461. The minimum atomic E-state index is -0.288. The number of rotatable bonds is 4. The highest BCUT2D eigenvalue weighted by atomic mass is 127. The Morgan fingerprint density at radius 3 is 2.50 bits per heavy atom.